The summed E-state index contributed by atoms with van der Waals surface area (Å²) in [5, 5.41) is 2.21. The Bertz CT molecular complexity index is 1130. The van der Waals surface area contributed by atoms with Gasteiger partial charge in [-0.2, -0.15) is 0 Å². The number of anilines is 2. The van der Waals surface area contributed by atoms with E-state index in [1.165, 1.54) is 4.90 Å². The Kier molecular flexibility index (Phi) is 5.33. The third kappa shape index (κ3) is 3.42. The van der Waals surface area contributed by atoms with Crippen molar-refractivity contribution in [2.45, 2.75) is 19.1 Å². The molecule has 3 aromatic carbocycles. The lowest BCUT2D eigenvalue weighted by atomic mass is 9.90. The number of hydrogen-bond donors (Lipinski definition) is 0. The van der Waals surface area contributed by atoms with Crippen LogP contribution in [-0.2, 0) is 14.4 Å². The molecule has 0 N–H and O–H groups in total. The topological polar surface area (TPSA) is 59.1 Å². The van der Waals surface area contributed by atoms with Gasteiger partial charge in [-0.15, -0.1) is 0 Å². The quantitative estimate of drug-likeness (QED) is 0.525. The molecule has 162 valence electrons. The summed E-state index contributed by atoms with van der Waals surface area (Å²) in [5.74, 6) is -0.609. The summed E-state index contributed by atoms with van der Waals surface area (Å²) in [6, 6.07) is 23.2. The lowest BCUT2D eigenvalue weighted by Crippen LogP contribution is -2.37. The maximum Gasteiger partial charge on any atom is 0.266 e. The second-order valence-corrected chi connectivity index (χ2v) is 8.08. The minimum atomic E-state index is -0.907. The fraction of sp³-hybridized carbons (Fsp3) is 0.200. The molecule has 32 heavy (non-hydrogen) atoms. The van der Waals surface area contributed by atoms with Crippen molar-refractivity contribution in [1.29, 1.82) is 0 Å². The fourth-order valence-corrected chi connectivity index (χ4v) is 4.45. The number of amides is 2. The Hall–Kier alpha value is -3.35. The fourth-order valence-electron chi connectivity index (χ4n) is 4.32. The average molecular weight is 449 g/mol. The number of nitrogens with zero attached hydrogens (tertiary/aromatic N) is 2. The normalized spacial score (nSPS) is 22.4. The van der Waals surface area contributed by atoms with E-state index in [4.69, 9.17) is 21.2 Å². The molecule has 2 fully saturated rings. The van der Waals surface area contributed by atoms with Crippen LogP contribution in [0, 0.1) is 5.92 Å². The number of rotatable bonds is 5. The van der Waals surface area contributed by atoms with E-state index >= 15 is 0 Å². The highest BCUT2D eigenvalue weighted by molar-refractivity contribution is 6.31. The molecule has 0 radical (unpaired) electrons. The molecule has 3 aromatic rings. The highest BCUT2D eigenvalue weighted by Crippen LogP contribution is 2.47. The summed E-state index contributed by atoms with van der Waals surface area (Å²) in [6.07, 6.45) is -0.907. The molecule has 0 aromatic heterocycles. The van der Waals surface area contributed by atoms with Crippen LogP contribution in [0.15, 0.2) is 78.9 Å². The molecule has 0 saturated carbocycles. The molecule has 2 saturated heterocycles. The van der Waals surface area contributed by atoms with Crippen molar-refractivity contribution in [3.05, 3.63) is 89.4 Å². The van der Waals surface area contributed by atoms with Gasteiger partial charge in [0.25, 0.3) is 5.91 Å². The second-order valence-electron chi connectivity index (χ2n) is 7.65. The van der Waals surface area contributed by atoms with E-state index in [0.29, 0.717) is 17.3 Å². The van der Waals surface area contributed by atoms with E-state index in [-0.39, 0.29) is 11.8 Å². The number of imide groups is 1. The Morgan fingerprint density at radius 1 is 0.875 bits per heavy atom. The van der Waals surface area contributed by atoms with Gasteiger partial charge in [-0.1, -0.05) is 41.9 Å². The van der Waals surface area contributed by atoms with Crippen molar-refractivity contribution >= 4 is 34.8 Å². The zero-order valence-electron chi connectivity index (χ0n) is 17.4. The van der Waals surface area contributed by atoms with E-state index in [1.807, 2.05) is 61.5 Å². The van der Waals surface area contributed by atoms with Crippen LogP contribution in [0.4, 0.5) is 11.4 Å². The van der Waals surface area contributed by atoms with Crippen LogP contribution in [0.25, 0.3) is 0 Å². The van der Waals surface area contributed by atoms with E-state index < -0.39 is 18.1 Å². The minimum absolute atomic E-state index is 0.292. The SMILES string of the molecule is CCOc1ccc([C@H]2[C@H]3C(=O)N(c4ccc(Cl)cc4)C(=O)[C@H]3ON2c2ccccc2)cc1. The molecule has 2 heterocycles. The first-order valence-corrected chi connectivity index (χ1v) is 10.8. The van der Waals surface area contributed by atoms with Crippen LogP contribution in [0.5, 0.6) is 5.75 Å². The van der Waals surface area contributed by atoms with E-state index in [1.54, 1.807) is 29.3 Å². The lowest BCUT2D eigenvalue weighted by Gasteiger charge is -2.28. The molecular weight excluding hydrogens is 428 g/mol. The summed E-state index contributed by atoms with van der Waals surface area (Å²) in [5.41, 5.74) is 2.13. The van der Waals surface area contributed by atoms with Crippen LogP contribution < -0.4 is 14.7 Å². The summed E-state index contributed by atoms with van der Waals surface area (Å²) < 4.78 is 5.56. The molecular formula is C25H21ClN2O4. The van der Waals surface area contributed by atoms with E-state index in [0.717, 1.165) is 17.0 Å². The predicted molar refractivity (Wildman–Crippen MR) is 122 cm³/mol. The van der Waals surface area contributed by atoms with Gasteiger partial charge in [-0.3, -0.25) is 14.4 Å². The largest absolute Gasteiger partial charge is 0.494 e. The first-order valence-electron chi connectivity index (χ1n) is 10.5. The number of carbonyl (C=O) groups excluding carboxylic acids is 2. The zero-order chi connectivity index (χ0) is 22.2. The molecule has 7 heteroatoms. The highest BCUT2D eigenvalue weighted by atomic mass is 35.5. The number of hydrogen-bond acceptors (Lipinski definition) is 5. The maximum atomic E-state index is 13.6. The van der Waals surface area contributed by atoms with Gasteiger partial charge in [0.05, 0.1) is 24.0 Å². The van der Waals surface area contributed by atoms with Crippen LogP contribution in [0.2, 0.25) is 5.02 Å². The Morgan fingerprint density at radius 2 is 1.56 bits per heavy atom. The maximum absolute atomic E-state index is 13.6. The molecule has 2 aliphatic heterocycles. The Balaban J connectivity index is 1.55. The molecule has 0 unspecified atom stereocenters. The number of hydroxylamine groups is 1. The smallest absolute Gasteiger partial charge is 0.266 e. The van der Waals surface area contributed by atoms with Gasteiger partial charge >= 0.3 is 0 Å². The number of benzene rings is 3. The van der Waals surface area contributed by atoms with Crippen molar-refractivity contribution in [1.82, 2.24) is 0 Å². The van der Waals surface area contributed by atoms with Crippen molar-refractivity contribution < 1.29 is 19.2 Å². The van der Waals surface area contributed by atoms with E-state index in [2.05, 4.69) is 0 Å². The first kappa shape index (κ1) is 20.5. The molecule has 0 spiro atoms. The van der Waals surface area contributed by atoms with E-state index in [9.17, 15) is 9.59 Å². The van der Waals surface area contributed by atoms with Crippen molar-refractivity contribution in [3.63, 3.8) is 0 Å². The Morgan fingerprint density at radius 3 is 2.22 bits per heavy atom. The van der Waals surface area contributed by atoms with Gasteiger partial charge in [0, 0.05) is 5.02 Å². The summed E-state index contributed by atoms with van der Waals surface area (Å²) >= 11 is 5.98. The minimum Gasteiger partial charge on any atom is -0.494 e. The summed E-state index contributed by atoms with van der Waals surface area (Å²) in [6.45, 7) is 2.49. The number of ether oxygens (including phenoxy) is 1. The molecule has 6 nitrogen and oxygen atoms in total. The van der Waals surface area contributed by atoms with Crippen molar-refractivity contribution in [3.8, 4) is 5.75 Å². The highest BCUT2D eigenvalue weighted by Gasteiger charge is 2.60. The molecule has 3 atom stereocenters. The monoisotopic (exact) mass is 448 g/mol. The van der Waals surface area contributed by atoms with Gasteiger partial charge in [0.15, 0.2) is 6.10 Å². The molecule has 2 aliphatic rings. The van der Waals surface area contributed by atoms with Crippen molar-refractivity contribution in [2.24, 2.45) is 5.92 Å². The summed E-state index contributed by atoms with van der Waals surface area (Å²) in [4.78, 5) is 34.2. The number of fused-ring (bicyclic) bond motifs is 1. The molecule has 5 rings (SSSR count). The second kappa shape index (κ2) is 8.30. The van der Waals surface area contributed by atoms with Crippen LogP contribution in [0.1, 0.15) is 18.5 Å². The van der Waals surface area contributed by atoms with Crippen molar-refractivity contribution in [2.75, 3.05) is 16.6 Å². The van der Waals surface area contributed by atoms with Gasteiger partial charge in [0.1, 0.15) is 11.7 Å². The summed E-state index contributed by atoms with van der Waals surface area (Å²) in [7, 11) is 0. The van der Waals surface area contributed by atoms with Crippen LogP contribution in [-0.4, -0.2) is 24.5 Å². The van der Waals surface area contributed by atoms with Gasteiger partial charge < -0.3 is 4.74 Å². The number of para-hydroxylation sites is 1. The van der Waals surface area contributed by atoms with Gasteiger partial charge in [-0.25, -0.2) is 9.96 Å². The number of carbonyl (C=O) groups is 2. The third-order valence-corrected chi connectivity index (χ3v) is 6.00. The zero-order valence-corrected chi connectivity index (χ0v) is 18.1. The van der Waals surface area contributed by atoms with Gasteiger partial charge in [0.2, 0.25) is 5.91 Å². The standard InChI is InChI=1S/C25H21ClN2O4/c1-2-31-20-14-8-16(9-15-20)22-21-23(32-28(22)19-6-4-3-5-7-19)25(30)27(24(21)29)18-12-10-17(26)11-13-18/h3-15,21-23H,2H2,1H3/t21-,22+,23+/m1/s1. The lowest BCUT2D eigenvalue weighted by molar-refractivity contribution is -0.126. The molecule has 2 amide bonds. The first-order chi connectivity index (χ1) is 15.6. The predicted octanol–water partition coefficient (Wildman–Crippen LogP) is 4.79. The van der Waals surface area contributed by atoms with Gasteiger partial charge in [-0.05, 0) is 61.0 Å². The average Bonchev–Trinajstić information content (AvgIpc) is 3.32. The van der Waals surface area contributed by atoms with Crippen LogP contribution in [0.3, 0.4) is 0 Å². The molecule has 0 bridgehead atoms. The Labute approximate surface area is 190 Å². The molecule has 0 aliphatic carbocycles. The number of halogens is 1. The third-order valence-electron chi connectivity index (χ3n) is 5.74. The van der Waals surface area contributed by atoms with Crippen LogP contribution >= 0.6 is 11.6 Å².